The predicted molar refractivity (Wildman–Crippen MR) is 93.8 cm³/mol. The second kappa shape index (κ2) is 4.94. The molecule has 1 aromatic rings. The molecule has 22 heavy (non-hydrogen) atoms. The standard InChI is InChI=1S/C18H18Br2O2/c1-18-7-6-9-10(13(18)4-5-15(18)21)2-3-11-12(9)8-14(19)17(22)16(11)20/h2-3,8-10,13,22H,4-7H2,1H3/t9-,10+,13-,18-/m0/s1. The summed E-state index contributed by atoms with van der Waals surface area (Å²) < 4.78 is 1.51. The second-order valence-corrected chi connectivity index (χ2v) is 8.74. The van der Waals surface area contributed by atoms with Gasteiger partial charge in [0.05, 0.1) is 8.95 Å². The van der Waals surface area contributed by atoms with Gasteiger partial charge in [-0.15, -0.1) is 0 Å². The third-order valence-corrected chi connectivity index (χ3v) is 7.60. The summed E-state index contributed by atoms with van der Waals surface area (Å²) in [6.07, 6.45) is 8.21. The first-order chi connectivity index (χ1) is 10.4. The second-order valence-electron chi connectivity index (χ2n) is 7.09. The monoisotopic (exact) mass is 424 g/mol. The smallest absolute Gasteiger partial charge is 0.144 e. The number of benzene rings is 1. The van der Waals surface area contributed by atoms with Crippen molar-refractivity contribution in [2.45, 2.75) is 38.5 Å². The fourth-order valence-electron chi connectivity index (χ4n) is 4.92. The number of aromatic hydroxyl groups is 1. The Balaban J connectivity index is 1.82. The van der Waals surface area contributed by atoms with Crippen LogP contribution in [0.2, 0.25) is 0 Å². The van der Waals surface area contributed by atoms with Gasteiger partial charge in [0.25, 0.3) is 0 Å². The number of rotatable bonds is 0. The zero-order valence-electron chi connectivity index (χ0n) is 12.4. The highest BCUT2D eigenvalue weighted by Crippen LogP contribution is 2.59. The molecule has 1 N–H and O–H groups in total. The first kappa shape index (κ1) is 14.9. The number of fused-ring (bicyclic) bond motifs is 5. The number of carbonyl (C=O) groups excluding carboxylic acids is 1. The lowest BCUT2D eigenvalue weighted by molar-refractivity contribution is -0.128. The van der Waals surface area contributed by atoms with Crippen molar-refractivity contribution in [3.63, 3.8) is 0 Å². The van der Waals surface area contributed by atoms with Crippen LogP contribution in [0.5, 0.6) is 5.75 Å². The van der Waals surface area contributed by atoms with Gasteiger partial charge in [0.2, 0.25) is 0 Å². The minimum atomic E-state index is -0.117. The summed E-state index contributed by atoms with van der Waals surface area (Å²) in [5.41, 5.74) is 2.27. The molecule has 0 saturated heterocycles. The van der Waals surface area contributed by atoms with Crippen LogP contribution in [0.3, 0.4) is 0 Å². The van der Waals surface area contributed by atoms with Gasteiger partial charge in [-0.2, -0.15) is 0 Å². The van der Waals surface area contributed by atoms with E-state index in [-0.39, 0.29) is 11.2 Å². The molecular weight excluding hydrogens is 408 g/mol. The van der Waals surface area contributed by atoms with Crippen molar-refractivity contribution in [1.29, 1.82) is 0 Å². The van der Waals surface area contributed by atoms with E-state index in [1.165, 1.54) is 5.56 Å². The van der Waals surface area contributed by atoms with E-state index in [9.17, 15) is 9.90 Å². The van der Waals surface area contributed by atoms with Gasteiger partial charge in [0.1, 0.15) is 11.5 Å². The number of allylic oxidation sites excluding steroid dienone is 1. The minimum Gasteiger partial charge on any atom is -0.506 e. The van der Waals surface area contributed by atoms with E-state index in [0.29, 0.717) is 23.5 Å². The van der Waals surface area contributed by atoms with Crippen molar-refractivity contribution in [1.82, 2.24) is 0 Å². The Labute approximate surface area is 147 Å². The molecule has 0 heterocycles. The fraction of sp³-hybridized carbons (Fsp3) is 0.500. The number of carbonyl (C=O) groups is 1. The van der Waals surface area contributed by atoms with Crippen LogP contribution in [-0.4, -0.2) is 10.9 Å². The van der Waals surface area contributed by atoms with Crippen molar-refractivity contribution in [3.05, 3.63) is 32.2 Å². The Morgan fingerprint density at radius 1 is 1.32 bits per heavy atom. The number of halogens is 2. The lowest BCUT2D eigenvalue weighted by Crippen LogP contribution is -2.40. The maximum Gasteiger partial charge on any atom is 0.144 e. The maximum atomic E-state index is 12.3. The predicted octanol–water partition coefficient (Wildman–Crippen LogP) is 5.42. The summed E-state index contributed by atoms with van der Waals surface area (Å²) in [5, 5.41) is 10.1. The molecule has 0 spiro atoms. The highest BCUT2D eigenvalue weighted by Gasteiger charge is 2.53. The van der Waals surface area contributed by atoms with E-state index < -0.39 is 0 Å². The van der Waals surface area contributed by atoms with Gasteiger partial charge in [-0.25, -0.2) is 0 Å². The van der Waals surface area contributed by atoms with Crippen LogP contribution in [0.4, 0.5) is 0 Å². The molecule has 2 nitrogen and oxygen atoms in total. The first-order valence-corrected chi connectivity index (χ1v) is 9.44. The number of phenols is 1. The maximum absolute atomic E-state index is 12.3. The molecule has 1 aromatic carbocycles. The van der Waals surface area contributed by atoms with Gasteiger partial charge in [-0.05, 0) is 86.1 Å². The third kappa shape index (κ3) is 1.86. The van der Waals surface area contributed by atoms with E-state index in [2.05, 4.69) is 57.0 Å². The molecule has 3 aliphatic carbocycles. The molecule has 4 atom stereocenters. The van der Waals surface area contributed by atoms with Gasteiger partial charge in [0.15, 0.2) is 0 Å². The molecule has 0 aliphatic heterocycles. The summed E-state index contributed by atoms with van der Waals surface area (Å²) in [7, 11) is 0. The van der Waals surface area contributed by atoms with Crippen molar-refractivity contribution < 1.29 is 9.90 Å². The van der Waals surface area contributed by atoms with Crippen LogP contribution in [0.15, 0.2) is 21.1 Å². The van der Waals surface area contributed by atoms with Crippen LogP contribution in [-0.2, 0) is 4.79 Å². The number of phenolic OH excluding ortho intramolecular Hbond substituents is 1. The van der Waals surface area contributed by atoms with Crippen molar-refractivity contribution >= 4 is 43.7 Å². The van der Waals surface area contributed by atoms with Crippen LogP contribution < -0.4 is 0 Å². The van der Waals surface area contributed by atoms with Crippen LogP contribution >= 0.6 is 31.9 Å². The Morgan fingerprint density at radius 2 is 2.09 bits per heavy atom. The highest BCUT2D eigenvalue weighted by atomic mass is 79.9. The first-order valence-electron chi connectivity index (χ1n) is 7.86. The Kier molecular flexibility index (Phi) is 3.36. The van der Waals surface area contributed by atoms with Crippen molar-refractivity contribution in [2.75, 3.05) is 0 Å². The molecule has 116 valence electrons. The molecule has 0 aromatic heterocycles. The van der Waals surface area contributed by atoms with Gasteiger partial charge in [-0.1, -0.05) is 19.1 Å². The summed E-state index contributed by atoms with van der Waals surface area (Å²) in [6, 6.07) is 2.07. The van der Waals surface area contributed by atoms with Gasteiger partial charge in [0, 0.05) is 11.8 Å². The van der Waals surface area contributed by atoms with Crippen LogP contribution in [0.25, 0.3) is 6.08 Å². The average molecular weight is 426 g/mol. The molecule has 4 rings (SSSR count). The van der Waals surface area contributed by atoms with Gasteiger partial charge >= 0.3 is 0 Å². The van der Waals surface area contributed by atoms with Gasteiger partial charge < -0.3 is 5.11 Å². The van der Waals surface area contributed by atoms with E-state index in [1.54, 1.807) is 0 Å². The summed E-state index contributed by atoms with van der Waals surface area (Å²) in [5.74, 6) is 2.09. The quantitative estimate of drug-likeness (QED) is 0.602. The third-order valence-electron chi connectivity index (χ3n) is 6.19. The minimum absolute atomic E-state index is 0.117. The largest absolute Gasteiger partial charge is 0.506 e. The van der Waals surface area contributed by atoms with E-state index in [4.69, 9.17) is 0 Å². The molecule has 0 bridgehead atoms. The Morgan fingerprint density at radius 3 is 2.86 bits per heavy atom. The number of hydrogen-bond acceptors (Lipinski definition) is 2. The summed E-state index contributed by atoms with van der Waals surface area (Å²) in [4.78, 5) is 12.3. The molecule has 0 amide bonds. The lowest BCUT2D eigenvalue weighted by atomic mass is 9.57. The SMILES string of the molecule is C[C@]12CC[C@@H]3c4cc(Br)c(O)c(Br)c4C=C[C@H]3[C@@H]1CCC2=O. The summed E-state index contributed by atoms with van der Waals surface area (Å²) in [6.45, 7) is 2.18. The normalized spacial score (nSPS) is 36.0. The molecule has 2 saturated carbocycles. The number of ketones is 1. The number of hydrogen-bond donors (Lipinski definition) is 1. The van der Waals surface area contributed by atoms with E-state index in [1.807, 2.05) is 0 Å². The molecule has 4 heteroatoms. The number of Topliss-reactive ketones (excluding diaryl/α,β-unsaturated/α-hetero) is 1. The zero-order chi connectivity index (χ0) is 15.6. The highest BCUT2D eigenvalue weighted by molar-refractivity contribution is 9.11. The fourth-order valence-corrected chi connectivity index (χ4v) is 6.21. The molecule has 2 fully saturated rings. The molecular formula is C18H18Br2O2. The topological polar surface area (TPSA) is 37.3 Å². The zero-order valence-corrected chi connectivity index (χ0v) is 15.6. The van der Waals surface area contributed by atoms with Crippen molar-refractivity contribution in [3.8, 4) is 5.75 Å². The van der Waals surface area contributed by atoms with Gasteiger partial charge in [-0.3, -0.25) is 4.79 Å². The summed E-state index contributed by atoms with van der Waals surface area (Å²) >= 11 is 6.98. The van der Waals surface area contributed by atoms with Crippen molar-refractivity contribution in [2.24, 2.45) is 17.3 Å². The van der Waals surface area contributed by atoms with Crippen LogP contribution in [0, 0.1) is 17.3 Å². The average Bonchev–Trinajstić information content (AvgIpc) is 2.80. The van der Waals surface area contributed by atoms with E-state index in [0.717, 1.165) is 40.2 Å². The Hall–Kier alpha value is -0.610. The lowest BCUT2D eigenvalue weighted by Gasteiger charge is -2.46. The van der Waals surface area contributed by atoms with Crippen LogP contribution in [0.1, 0.15) is 49.7 Å². The Bertz CT molecular complexity index is 710. The molecule has 3 aliphatic rings. The van der Waals surface area contributed by atoms with E-state index >= 15 is 0 Å². The molecule has 0 radical (unpaired) electrons. The molecule has 0 unspecified atom stereocenters.